The lowest BCUT2D eigenvalue weighted by Crippen LogP contribution is -2.11. The van der Waals surface area contributed by atoms with Gasteiger partial charge in [-0.25, -0.2) is 9.59 Å². The fraction of sp³-hybridized carbons (Fsp3) is 0.128. The maximum absolute atomic E-state index is 12.6. The molecule has 4 aromatic rings. The summed E-state index contributed by atoms with van der Waals surface area (Å²) in [6.07, 6.45) is 4.74. The first-order valence-corrected chi connectivity index (χ1v) is 14.7. The van der Waals surface area contributed by atoms with Gasteiger partial charge in [-0.1, -0.05) is 93.2 Å². The molecule has 0 aromatic heterocycles. The summed E-state index contributed by atoms with van der Waals surface area (Å²) in [6.45, 7) is 7.87. The lowest BCUT2D eigenvalue weighted by molar-refractivity contribution is -0.140. The smallest absolute Gasteiger partial charge is 0.349 e. The van der Waals surface area contributed by atoms with E-state index in [0.29, 0.717) is 11.1 Å². The fourth-order valence-electron chi connectivity index (χ4n) is 4.37. The molecule has 46 heavy (non-hydrogen) atoms. The molecule has 0 aliphatic carbocycles. The molecular formula is C39H33N3O4. The number of nitriles is 2. The molecule has 0 amide bonds. The second-order valence-electron chi connectivity index (χ2n) is 10.7. The third kappa shape index (κ3) is 8.92. The Hall–Kier alpha value is -6.18. The molecule has 7 nitrogen and oxygen atoms in total. The molecule has 0 unspecified atom stereocenters. The Kier molecular flexibility index (Phi) is 11.4. The SMILES string of the molecule is C=Cc1ccc(COC(=O)/C(C#N)=C/c2ccc(N(c3ccccc3)c3ccc(/C=C(\C#N)C(=O)OCC(C)C)cc3)cc2)cc1. The van der Waals surface area contributed by atoms with Crippen LogP contribution in [0.4, 0.5) is 17.1 Å². The van der Waals surface area contributed by atoms with Crippen LogP contribution in [0.1, 0.15) is 36.1 Å². The predicted molar refractivity (Wildman–Crippen MR) is 180 cm³/mol. The van der Waals surface area contributed by atoms with Crippen LogP contribution < -0.4 is 4.90 Å². The van der Waals surface area contributed by atoms with E-state index in [-0.39, 0.29) is 30.3 Å². The molecule has 0 N–H and O–H groups in total. The van der Waals surface area contributed by atoms with Gasteiger partial charge in [0, 0.05) is 17.1 Å². The average Bonchev–Trinajstić information content (AvgIpc) is 3.09. The molecule has 0 saturated heterocycles. The van der Waals surface area contributed by atoms with Gasteiger partial charge in [0.05, 0.1) is 6.61 Å². The molecule has 0 aliphatic heterocycles. The van der Waals surface area contributed by atoms with Gasteiger partial charge in [0.1, 0.15) is 29.9 Å². The van der Waals surface area contributed by atoms with Crippen molar-refractivity contribution in [2.45, 2.75) is 20.5 Å². The zero-order valence-electron chi connectivity index (χ0n) is 25.7. The van der Waals surface area contributed by atoms with Crippen LogP contribution in [0.15, 0.2) is 121 Å². The van der Waals surface area contributed by atoms with Crippen molar-refractivity contribution in [1.29, 1.82) is 10.5 Å². The van der Waals surface area contributed by atoms with Gasteiger partial charge in [0.2, 0.25) is 0 Å². The summed E-state index contributed by atoms with van der Waals surface area (Å²) >= 11 is 0. The summed E-state index contributed by atoms with van der Waals surface area (Å²) in [7, 11) is 0. The van der Waals surface area contributed by atoms with E-state index in [4.69, 9.17) is 9.47 Å². The summed E-state index contributed by atoms with van der Waals surface area (Å²) in [5.74, 6) is -1.18. The number of carbonyl (C=O) groups excluding carboxylic acids is 2. The lowest BCUT2D eigenvalue weighted by Gasteiger charge is -2.25. The largest absolute Gasteiger partial charge is 0.461 e. The molecule has 228 valence electrons. The Morgan fingerprint density at radius 1 is 0.696 bits per heavy atom. The topological polar surface area (TPSA) is 103 Å². The molecule has 0 heterocycles. The van der Waals surface area contributed by atoms with E-state index < -0.39 is 11.9 Å². The Labute approximate surface area is 269 Å². The number of esters is 2. The van der Waals surface area contributed by atoms with Crippen LogP contribution >= 0.6 is 0 Å². The van der Waals surface area contributed by atoms with Crippen LogP contribution in [0.2, 0.25) is 0 Å². The van der Waals surface area contributed by atoms with Crippen molar-refractivity contribution in [3.05, 3.63) is 143 Å². The van der Waals surface area contributed by atoms with Crippen molar-refractivity contribution >= 4 is 47.2 Å². The first kappa shape index (κ1) is 32.7. The van der Waals surface area contributed by atoms with Crippen LogP contribution in [0.25, 0.3) is 18.2 Å². The highest BCUT2D eigenvalue weighted by Gasteiger charge is 2.15. The summed E-state index contributed by atoms with van der Waals surface area (Å²) in [5.41, 5.74) is 5.52. The molecule has 0 spiro atoms. The molecule has 0 bridgehead atoms. The normalized spacial score (nSPS) is 11.2. The number of hydrogen-bond acceptors (Lipinski definition) is 7. The summed E-state index contributed by atoms with van der Waals surface area (Å²) < 4.78 is 10.6. The van der Waals surface area contributed by atoms with Gasteiger partial charge in [-0.15, -0.1) is 0 Å². The Morgan fingerprint density at radius 3 is 1.61 bits per heavy atom. The first-order valence-electron chi connectivity index (χ1n) is 14.7. The molecule has 0 saturated carbocycles. The summed E-state index contributed by atoms with van der Waals surface area (Å²) in [6, 6.07) is 36.0. The van der Waals surface area contributed by atoms with Crippen LogP contribution in [-0.2, 0) is 25.7 Å². The van der Waals surface area contributed by atoms with E-state index in [2.05, 4.69) is 6.58 Å². The number of carbonyl (C=O) groups is 2. The van der Waals surface area contributed by atoms with E-state index in [0.717, 1.165) is 28.2 Å². The average molecular weight is 608 g/mol. The van der Waals surface area contributed by atoms with Crippen molar-refractivity contribution in [3.8, 4) is 12.1 Å². The molecule has 4 rings (SSSR count). The third-order valence-corrected chi connectivity index (χ3v) is 6.75. The van der Waals surface area contributed by atoms with Crippen molar-refractivity contribution in [2.24, 2.45) is 5.92 Å². The quantitative estimate of drug-likeness (QED) is 0.0903. The van der Waals surface area contributed by atoms with Gasteiger partial charge in [0.15, 0.2) is 0 Å². The number of ether oxygens (including phenoxy) is 2. The van der Waals surface area contributed by atoms with Crippen LogP contribution in [0.5, 0.6) is 0 Å². The fourth-order valence-corrected chi connectivity index (χ4v) is 4.37. The molecule has 0 fully saturated rings. The zero-order valence-corrected chi connectivity index (χ0v) is 25.7. The van der Waals surface area contributed by atoms with Crippen LogP contribution in [-0.4, -0.2) is 18.5 Å². The second-order valence-corrected chi connectivity index (χ2v) is 10.7. The van der Waals surface area contributed by atoms with Gasteiger partial charge in [-0.05, 0) is 76.7 Å². The molecule has 4 aromatic carbocycles. The van der Waals surface area contributed by atoms with E-state index in [1.807, 2.05) is 134 Å². The van der Waals surface area contributed by atoms with E-state index >= 15 is 0 Å². The number of benzene rings is 4. The number of anilines is 3. The van der Waals surface area contributed by atoms with Crippen molar-refractivity contribution in [3.63, 3.8) is 0 Å². The minimum Gasteiger partial charge on any atom is -0.461 e. The highest BCUT2D eigenvalue weighted by Crippen LogP contribution is 2.35. The number of hydrogen-bond donors (Lipinski definition) is 0. The van der Waals surface area contributed by atoms with Crippen molar-refractivity contribution < 1.29 is 19.1 Å². The molecule has 0 atom stereocenters. The van der Waals surface area contributed by atoms with E-state index in [1.165, 1.54) is 12.2 Å². The maximum atomic E-state index is 12.6. The molecular weight excluding hydrogens is 574 g/mol. The standard InChI is InChI=1S/C39H33N3O4/c1-4-29-10-12-32(13-11-29)27-46-39(44)34(25-41)23-31-16-20-37(21-17-31)42(35-8-6-5-7-9-35)36-18-14-30(15-19-36)22-33(24-40)38(43)45-26-28(2)3/h4-23,28H,1,26-27H2,2-3H3/b33-22+,34-23+. The van der Waals surface area contributed by atoms with Gasteiger partial charge in [-0.2, -0.15) is 10.5 Å². The van der Waals surface area contributed by atoms with Crippen molar-refractivity contribution in [1.82, 2.24) is 0 Å². The second kappa shape index (κ2) is 16.0. The van der Waals surface area contributed by atoms with Gasteiger partial charge in [0.25, 0.3) is 0 Å². The third-order valence-electron chi connectivity index (χ3n) is 6.75. The number of rotatable bonds is 12. The zero-order chi connectivity index (χ0) is 32.9. The Bertz CT molecular complexity index is 1810. The molecule has 0 radical (unpaired) electrons. The monoisotopic (exact) mass is 607 g/mol. The van der Waals surface area contributed by atoms with Gasteiger partial charge in [-0.3, -0.25) is 0 Å². The Morgan fingerprint density at radius 2 is 1.15 bits per heavy atom. The van der Waals surface area contributed by atoms with Crippen LogP contribution in [0.3, 0.4) is 0 Å². The maximum Gasteiger partial charge on any atom is 0.349 e. The highest BCUT2D eigenvalue weighted by atomic mass is 16.5. The summed E-state index contributed by atoms with van der Waals surface area (Å²) in [4.78, 5) is 27.0. The van der Waals surface area contributed by atoms with E-state index in [1.54, 1.807) is 6.08 Å². The predicted octanol–water partition coefficient (Wildman–Crippen LogP) is 8.56. The molecule has 0 aliphatic rings. The Balaban J connectivity index is 1.54. The van der Waals surface area contributed by atoms with E-state index in [9.17, 15) is 20.1 Å². The van der Waals surface area contributed by atoms with Crippen molar-refractivity contribution in [2.75, 3.05) is 11.5 Å². The minimum atomic E-state index is -0.702. The lowest BCUT2D eigenvalue weighted by atomic mass is 10.1. The highest BCUT2D eigenvalue weighted by molar-refractivity contribution is 5.98. The van der Waals surface area contributed by atoms with Gasteiger partial charge >= 0.3 is 11.9 Å². The van der Waals surface area contributed by atoms with Crippen LogP contribution in [0, 0.1) is 28.6 Å². The minimum absolute atomic E-state index is 0.0505. The number of para-hydroxylation sites is 1. The molecule has 7 heteroatoms. The number of nitrogens with zero attached hydrogens (tertiary/aromatic N) is 3. The summed E-state index contributed by atoms with van der Waals surface area (Å²) in [5, 5.41) is 19.1. The van der Waals surface area contributed by atoms with Gasteiger partial charge < -0.3 is 14.4 Å². The first-order chi connectivity index (χ1) is 22.3.